The van der Waals surface area contributed by atoms with E-state index >= 15 is 0 Å². The third-order valence-electron chi connectivity index (χ3n) is 3.64. The number of aliphatic carboxylic acids is 1. The van der Waals surface area contributed by atoms with Gasteiger partial charge in [-0.15, -0.1) is 0 Å². The molecule has 6 heteroatoms. The van der Waals surface area contributed by atoms with Gasteiger partial charge >= 0.3 is 12.0 Å². The molecule has 1 aliphatic rings. The van der Waals surface area contributed by atoms with E-state index in [0.29, 0.717) is 25.6 Å². The summed E-state index contributed by atoms with van der Waals surface area (Å²) < 4.78 is 0. The standard InChI is InChI=1S/C13H25N3O3/c1-10(2)15(3)8-5-7-14-13(19)16-9-4-6-11(16)12(17)18/h10-11H,4-9H2,1-3H3,(H,14,19)(H,17,18). The summed E-state index contributed by atoms with van der Waals surface area (Å²) in [4.78, 5) is 26.5. The Morgan fingerprint density at radius 2 is 2.16 bits per heavy atom. The van der Waals surface area contributed by atoms with Crippen LogP contribution in [-0.2, 0) is 4.79 Å². The molecule has 0 aromatic rings. The monoisotopic (exact) mass is 271 g/mol. The molecule has 1 rings (SSSR count). The Hall–Kier alpha value is -1.30. The van der Waals surface area contributed by atoms with Crippen molar-refractivity contribution in [2.24, 2.45) is 0 Å². The van der Waals surface area contributed by atoms with E-state index in [1.165, 1.54) is 4.90 Å². The van der Waals surface area contributed by atoms with E-state index in [0.717, 1.165) is 19.4 Å². The summed E-state index contributed by atoms with van der Waals surface area (Å²) in [6.07, 6.45) is 2.19. The van der Waals surface area contributed by atoms with Crippen molar-refractivity contribution in [3.05, 3.63) is 0 Å². The lowest BCUT2D eigenvalue weighted by Gasteiger charge is -2.23. The number of carboxylic acids is 1. The van der Waals surface area contributed by atoms with Gasteiger partial charge in [0.2, 0.25) is 0 Å². The maximum absolute atomic E-state index is 11.9. The molecular weight excluding hydrogens is 246 g/mol. The van der Waals surface area contributed by atoms with E-state index < -0.39 is 12.0 Å². The Kier molecular flexibility index (Phi) is 6.08. The highest BCUT2D eigenvalue weighted by atomic mass is 16.4. The van der Waals surface area contributed by atoms with Crippen molar-refractivity contribution < 1.29 is 14.7 Å². The lowest BCUT2D eigenvalue weighted by atomic mass is 10.2. The first-order valence-electron chi connectivity index (χ1n) is 6.91. The second-order valence-corrected chi connectivity index (χ2v) is 5.35. The predicted molar refractivity (Wildman–Crippen MR) is 73.1 cm³/mol. The zero-order valence-corrected chi connectivity index (χ0v) is 12.1. The largest absolute Gasteiger partial charge is 0.480 e. The zero-order valence-electron chi connectivity index (χ0n) is 12.1. The Labute approximate surface area is 114 Å². The lowest BCUT2D eigenvalue weighted by molar-refractivity contribution is -0.141. The van der Waals surface area contributed by atoms with Gasteiger partial charge in [0.15, 0.2) is 0 Å². The SMILES string of the molecule is CC(C)N(C)CCCNC(=O)N1CCCC1C(=O)O. The predicted octanol–water partition coefficient (Wildman–Crippen LogP) is 0.975. The van der Waals surface area contributed by atoms with Gasteiger partial charge in [-0.2, -0.15) is 0 Å². The summed E-state index contributed by atoms with van der Waals surface area (Å²) in [6.45, 7) is 6.29. The van der Waals surface area contributed by atoms with E-state index in [-0.39, 0.29) is 6.03 Å². The third-order valence-corrected chi connectivity index (χ3v) is 3.64. The first-order valence-corrected chi connectivity index (χ1v) is 6.91. The van der Waals surface area contributed by atoms with Crippen LogP contribution in [-0.4, -0.2) is 65.7 Å². The Bertz CT molecular complexity index is 320. The van der Waals surface area contributed by atoms with Gasteiger partial charge in [-0.05, 0) is 46.7 Å². The van der Waals surface area contributed by atoms with Gasteiger partial charge in [-0.3, -0.25) is 0 Å². The molecular formula is C13H25N3O3. The molecule has 19 heavy (non-hydrogen) atoms. The van der Waals surface area contributed by atoms with Crippen LogP contribution < -0.4 is 5.32 Å². The molecule has 0 saturated carbocycles. The summed E-state index contributed by atoms with van der Waals surface area (Å²) in [6, 6.07) is -0.416. The number of carbonyl (C=O) groups excluding carboxylic acids is 1. The van der Waals surface area contributed by atoms with Crippen molar-refractivity contribution in [2.45, 2.75) is 45.2 Å². The minimum atomic E-state index is -0.910. The lowest BCUT2D eigenvalue weighted by Crippen LogP contribution is -2.46. The maximum Gasteiger partial charge on any atom is 0.326 e. The maximum atomic E-state index is 11.9. The van der Waals surface area contributed by atoms with E-state index in [2.05, 4.69) is 24.1 Å². The van der Waals surface area contributed by atoms with E-state index in [1.54, 1.807) is 0 Å². The van der Waals surface area contributed by atoms with E-state index in [9.17, 15) is 9.59 Å². The van der Waals surface area contributed by atoms with Gasteiger partial charge in [0.1, 0.15) is 6.04 Å². The average molecular weight is 271 g/mol. The molecule has 6 nitrogen and oxygen atoms in total. The molecule has 0 aromatic carbocycles. The van der Waals surface area contributed by atoms with Crippen LogP contribution in [0.4, 0.5) is 4.79 Å². The van der Waals surface area contributed by atoms with E-state index in [1.807, 2.05) is 7.05 Å². The number of nitrogens with zero attached hydrogens (tertiary/aromatic N) is 2. The van der Waals surface area contributed by atoms with Crippen molar-refractivity contribution in [1.29, 1.82) is 0 Å². The number of carbonyl (C=O) groups is 2. The topological polar surface area (TPSA) is 72.9 Å². The molecule has 110 valence electrons. The first kappa shape index (κ1) is 15.8. The van der Waals surface area contributed by atoms with Crippen molar-refractivity contribution in [3.63, 3.8) is 0 Å². The van der Waals surface area contributed by atoms with Crippen LogP contribution in [0.3, 0.4) is 0 Å². The highest BCUT2D eigenvalue weighted by Gasteiger charge is 2.33. The number of carboxylic acid groups (broad SMARTS) is 1. The fourth-order valence-electron chi connectivity index (χ4n) is 2.15. The zero-order chi connectivity index (χ0) is 14.4. The number of hydrogen-bond donors (Lipinski definition) is 2. The Balaban J connectivity index is 2.26. The molecule has 1 atom stereocenters. The van der Waals surface area contributed by atoms with Crippen LogP contribution in [0.2, 0.25) is 0 Å². The second-order valence-electron chi connectivity index (χ2n) is 5.35. The molecule has 0 bridgehead atoms. The highest BCUT2D eigenvalue weighted by molar-refractivity contribution is 5.83. The molecule has 2 N–H and O–H groups in total. The molecule has 1 saturated heterocycles. The molecule has 1 unspecified atom stereocenters. The van der Waals surface area contributed by atoms with Crippen LogP contribution >= 0.6 is 0 Å². The van der Waals surface area contributed by atoms with Gasteiger partial charge < -0.3 is 20.2 Å². The van der Waals surface area contributed by atoms with Crippen LogP contribution in [0.25, 0.3) is 0 Å². The Morgan fingerprint density at radius 3 is 2.74 bits per heavy atom. The molecule has 0 aliphatic carbocycles. The highest BCUT2D eigenvalue weighted by Crippen LogP contribution is 2.17. The number of rotatable bonds is 6. The summed E-state index contributed by atoms with van der Waals surface area (Å²) in [5.41, 5.74) is 0. The number of amides is 2. The second kappa shape index (κ2) is 7.33. The van der Waals surface area contributed by atoms with E-state index in [4.69, 9.17) is 5.11 Å². The first-order chi connectivity index (χ1) is 8.93. The van der Waals surface area contributed by atoms with Crippen LogP contribution in [0, 0.1) is 0 Å². The normalized spacial score (nSPS) is 19.2. The number of urea groups is 1. The van der Waals surface area contributed by atoms with Gasteiger partial charge in [-0.25, -0.2) is 9.59 Å². The summed E-state index contributed by atoms with van der Waals surface area (Å²) in [5.74, 6) is -0.910. The summed E-state index contributed by atoms with van der Waals surface area (Å²) in [7, 11) is 2.05. The number of likely N-dealkylation sites (tertiary alicyclic amines) is 1. The molecule has 1 fully saturated rings. The molecule has 1 heterocycles. The van der Waals surface area contributed by atoms with Gasteiger partial charge in [0, 0.05) is 19.1 Å². The van der Waals surface area contributed by atoms with Crippen molar-refractivity contribution in [3.8, 4) is 0 Å². The number of nitrogens with one attached hydrogen (secondary N) is 1. The van der Waals surface area contributed by atoms with Crippen molar-refractivity contribution in [1.82, 2.24) is 15.1 Å². The smallest absolute Gasteiger partial charge is 0.326 e. The molecule has 0 aromatic heterocycles. The molecule has 0 radical (unpaired) electrons. The fourth-order valence-corrected chi connectivity index (χ4v) is 2.15. The minimum absolute atomic E-state index is 0.253. The minimum Gasteiger partial charge on any atom is -0.480 e. The van der Waals surface area contributed by atoms with Crippen LogP contribution in [0.1, 0.15) is 33.1 Å². The summed E-state index contributed by atoms with van der Waals surface area (Å²) in [5, 5.41) is 11.8. The van der Waals surface area contributed by atoms with Crippen LogP contribution in [0.15, 0.2) is 0 Å². The molecule has 0 spiro atoms. The van der Waals surface area contributed by atoms with Gasteiger partial charge in [0.25, 0.3) is 0 Å². The molecule has 1 aliphatic heterocycles. The number of hydrogen-bond acceptors (Lipinski definition) is 3. The van der Waals surface area contributed by atoms with Crippen LogP contribution in [0.5, 0.6) is 0 Å². The van der Waals surface area contributed by atoms with Crippen molar-refractivity contribution >= 4 is 12.0 Å². The fraction of sp³-hybridized carbons (Fsp3) is 0.846. The third kappa shape index (κ3) is 4.70. The van der Waals surface area contributed by atoms with Gasteiger partial charge in [0.05, 0.1) is 0 Å². The molecule has 2 amide bonds. The summed E-state index contributed by atoms with van der Waals surface area (Å²) >= 11 is 0. The Morgan fingerprint density at radius 1 is 1.47 bits per heavy atom. The quantitative estimate of drug-likeness (QED) is 0.706. The van der Waals surface area contributed by atoms with Gasteiger partial charge in [-0.1, -0.05) is 0 Å². The van der Waals surface area contributed by atoms with Crippen molar-refractivity contribution in [2.75, 3.05) is 26.7 Å². The average Bonchev–Trinajstić information content (AvgIpc) is 2.83.